The van der Waals surface area contributed by atoms with E-state index in [4.69, 9.17) is 21.9 Å². The average Bonchev–Trinajstić information content (AvgIpc) is 2.76. The van der Waals surface area contributed by atoms with Gasteiger partial charge in [-0.1, -0.05) is 40.3 Å². The molecule has 1 atom stereocenters. The number of halogens is 2. The summed E-state index contributed by atoms with van der Waals surface area (Å²) >= 11 is 9.19. The number of carbonyl (C=O) groups excluding carboxylic acids is 1. The van der Waals surface area contributed by atoms with Crippen LogP contribution in [0.2, 0.25) is 0 Å². The largest absolute Gasteiger partial charge is 0.467 e. The summed E-state index contributed by atoms with van der Waals surface area (Å²) in [6.07, 6.45) is 0. The minimum Gasteiger partial charge on any atom is -0.467 e. The molecule has 28 heavy (non-hydrogen) atoms. The van der Waals surface area contributed by atoms with Gasteiger partial charge >= 0.3 is 5.97 Å². The van der Waals surface area contributed by atoms with Crippen LogP contribution >= 0.6 is 28.1 Å². The predicted molar refractivity (Wildman–Crippen MR) is 117 cm³/mol. The van der Waals surface area contributed by atoms with Crippen molar-refractivity contribution in [2.45, 2.75) is 32.4 Å². The van der Waals surface area contributed by atoms with E-state index in [0.717, 1.165) is 4.47 Å². The van der Waals surface area contributed by atoms with Gasteiger partial charge < -0.3 is 9.64 Å². The van der Waals surface area contributed by atoms with Crippen LogP contribution in [0.25, 0.3) is 0 Å². The Labute approximate surface area is 177 Å². The molecule has 0 spiro atoms. The van der Waals surface area contributed by atoms with Gasteiger partial charge in [-0.2, -0.15) is 0 Å². The van der Waals surface area contributed by atoms with Gasteiger partial charge in [-0.25, -0.2) is 9.18 Å². The van der Waals surface area contributed by atoms with Crippen molar-refractivity contribution in [3.05, 3.63) is 63.9 Å². The Kier molecular flexibility index (Phi) is 5.68. The molecule has 0 saturated heterocycles. The molecule has 2 aromatic rings. The topological polar surface area (TPSA) is 41.9 Å². The number of hydrogen-bond donors (Lipinski definition) is 0. The minimum atomic E-state index is -1.07. The molecule has 4 nitrogen and oxygen atoms in total. The van der Waals surface area contributed by atoms with Crippen molar-refractivity contribution in [3.63, 3.8) is 0 Å². The number of anilines is 1. The quantitative estimate of drug-likeness (QED) is 0.479. The Balaban J connectivity index is 2.32. The summed E-state index contributed by atoms with van der Waals surface area (Å²) < 4.78 is 20.5. The van der Waals surface area contributed by atoms with Crippen LogP contribution in [0.3, 0.4) is 0 Å². The number of ether oxygens (including phenoxy) is 1. The van der Waals surface area contributed by atoms with E-state index in [1.807, 2.05) is 25.1 Å². The number of methoxy groups -OCH3 is 1. The number of hydrogen-bond acceptors (Lipinski definition) is 4. The van der Waals surface area contributed by atoms with Gasteiger partial charge in [-0.15, -0.1) is 0 Å². The monoisotopic (exact) mass is 462 g/mol. The Morgan fingerprint density at radius 3 is 2.57 bits per heavy atom. The molecule has 2 aromatic carbocycles. The second-order valence-electron chi connectivity index (χ2n) is 7.02. The van der Waals surface area contributed by atoms with Crippen molar-refractivity contribution < 1.29 is 13.9 Å². The third-order valence-electron chi connectivity index (χ3n) is 4.73. The molecule has 0 saturated carbocycles. The molecule has 3 rings (SSSR count). The Morgan fingerprint density at radius 1 is 1.25 bits per heavy atom. The summed E-state index contributed by atoms with van der Waals surface area (Å²) in [5.74, 6) is -0.795. The lowest BCUT2D eigenvalue weighted by Gasteiger charge is -2.39. The molecular weight excluding hydrogens is 443 g/mol. The maximum absolute atomic E-state index is 14.6. The van der Waals surface area contributed by atoms with E-state index < -0.39 is 17.6 Å². The molecule has 0 radical (unpaired) electrons. The van der Waals surface area contributed by atoms with Crippen molar-refractivity contribution in [1.29, 1.82) is 0 Å². The van der Waals surface area contributed by atoms with Gasteiger partial charge in [0.15, 0.2) is 0 Å². The van der Waals surface area contributed by atoms with Crippen LogP contribution in [0.1, 0.15) is 31.9 Å². The first-order chi connectivity index (χ1) is 13.2. The van der Waals surface area contributed by atoms with Gasteiger partial charge in [0, 0.05) is 15.6 Å². The van der Waals surface area contributed by atoms with Gasteiger partial charge in [0.05, 0.1) is 24.6 Å². The molecule has 1 unspecified atom stereocenters. The highest BCUT2D eigenvalue weighted by molar-refractivity contribution is 9.10. The maximum Gasteiger partial charge on any atom is 0.331 e. The highest BCUT2D eigenvalue weighted by atomic mass is 79.9. The zero-order valence-electron chi connectivity index (χ0n) is 16.0. The summed E-state index contributed by atoms with van der Waals surface area (Å²) in [4.78, 5) is 19.5. The Bertz CT molecular complexity index is 990. The van der Waals surface area contributed by atoms with Gasteiger partial charge in [0.25, 0.3) is 0 Å². The summed E-state index contributed by atoms with van der Waals surface area (Å²) in [5.41, 5.74) is 1.17. The number of benzodiazepines with no additional fused rings is 1. The van der Waals surface area contributed by atoms with Gasteiger partial charge in [0.1, 0.15) is 16.3 Å². The van der Waals surface area contributed by atoms with Crippen LogP contribution in [0, 0.1) is 5.82 Å². The second kappa shape index (κ2) is 7.72. The van der Waals surface area contributed by atoms with Crippen molar-refractivity contribution >= 4 is 50.5 Å². The number of fused-ring (bicyclic) bond motifs is 1. The first-order valence-electron chi connectivity index (χ1n) is 8.73. The number of aliphatic imine (C=N–C) groups is 1. The number of thiocarbonyl (C=S) groups is 1. The summed E-state index contributed by atoms with van der Waals surface area (Å²) in [5, 5.41) is 0. The molecular formula is C21H20BrFN2O2S. The second-order valence-corrected chi connectivity index (χ2v) is 8.35. The number of rotatable bonds is 3. The highest BCUT2D eigenvalue weighted by Crippen LogP contribution is 2.36. The standard InChI is InChI=1S/C21H20BrFN2O2S/c1-12-19(28)25(21(2,3)20(26)27-4)17-10-9-13(22)11-15(17)18(24-12)14-7-5-6-8-16(14)23/h5-12H,1-4H3. The van der Waals surface area contributed by atoms with Gasteiger partial charge in [-0.3, -0.25) is 4.99 Å². The third kappa shape index (κ3) is 3.49. The van der Waals surface area contributed by atoms with E-state index in [9.17, 15) is 9.18 Å². The van der Waals surface area contributed by atoms with Gasteiger partial charge in [-0.05, 0) is 51.1 Å². The molecule has 0 amide bonds. The van der Waals surface area contributed by atoms with E-state index in [0.29, 0.717) is 27.5 Å². The lowest BCUT2D eigenvalue weighted by molar-refractivity contribution is -0.145. The lowest BCUT2D eigenvalue weighted by Crippen LogP contribution is -2.55. The van der Waals surface area contributed by atoms with Crippen LogP contribution in [0.5, 0.6) is 0 Å². The molecule has 0 N–H and O–H groups in total. The first kappa shape index (κ1) is 20.6. The highest BCUT2D eigenvalue weighted by Gasteiger charge is 2.42. The maximum atomic E-state index is 14.6. The summed E-state index contributed by atoms with van der Waals surface area (Å²) in [6.45, 7) is 5.33. The molecule has 0 aliphatic carbocycles. The third-order valence-corrected chi connectivity index (χ3v) is 5.75. The van der Waals surface area contributed by atoms with E-state index in [1.54, 1.807) is 36.9 Å². The zero-order valence-corrected chi connectivity index (χ0v) is 18.4. The Hall–Kier alpha value is -2.12. The lowest BCUT2D eigenvalue weighted by atomic mass is 9.96. The molecule has 1 aliphatic heterocycles. The number of benzene rings is 2. The molecule has 0 bridgehead atoms. The minimum absolute atomic E-state index is 0.369. The molecule has 1 aliphatic rings. The average molecular weight is 463 g/mol. The van der Waals surface area contributed by atoms with E-state index in [2.05, 4.69) is 15.9 Å². The van der Waals surface area contributed by atoms with Crippen molar-refractivity contribution in [3.8, 4) is 0 Å². The van der Waals surface area contributed by atoms with Crippen molar-refractivity contribution in [2.75, 3.05) is 12.0 Å². The van der Waals surface area contributed by atoms with Crippen LogP contribution in [-0.4, -0.2) is 35.4 Å². The SMILES string of the molecule is COC(=O)C(C)(C)N1C(=S)C(C)N=C(c2ccccc2F)c2cc(Br)ccc21. The molecule has 0 fully saturated rings. The number of carbonyl (C=O) groups is 1. The molecule has 146 valence electrons. The van der Waals surface area contributed by atoms with Crippen molar-refractivity contribution in [1.82, 2.24) is 0 Å². The van der Waals surface area contributed by atoms with Crippen LogP contribution < -0.4 is 4.90 Å². The number of esters is 1. The van der Waals surface area contributed by atoms with E-state index in [-0.39, 0.29) is 5.82 Å². The summed E-state index contributed by atoms with van der Waals surface area (Å²) in [7, 11) is 1.35. The van der Waals surface area contributed by atoms with Crippen LogP contribution in [0.15, 0.2) is 51.9 Å². The smallest absolute Gasteiger partial charge is 0.331 e. The normalized spacial score (nSPS) is 16.9. The van der Waals surface area contributed by atoms with Gasteiger partial charge in [0.2, 0.25) is 0 Å². The fourth-order valence-electron chi connectivity index (χ4n) is 3.30. The fraction of sp³-hybridized carbons (Fsp3) is 0.286. The van der Waals surface area contributed by atoms with E-state index in [1.165, 1.54) is 13.2 Å². The van der Waals surface area contributed by atoms with E-state index >= 15 is 0 Å². The number of nitrogens with zero attached hydrogens (tertiary/aromatic N) is 2. The predicted octanol–water partition coefficient (Wildman–Crippen LogP) is 4.91. The zero-order chi connectivity index (χ0) is 20.6. The molecule has 1 heterocycles. The van der Waals surface area contributed by atoms with Crippen LogP contribution in [-0.2, 0) is 9.53 Å². The Morgan fingerprint density at radius 2 is 1.93 bits per heavy atom. The fourth-order valence-corrected chi connectivity index (χ4v) is 4.04. The summed E-state index contributed by atoms with van der Waals surface area (Å²) in [6, 6.07) is 11.6. The van der Waals surface area contributed by atoms with Crippen LogP contribution in [0.4, 0.5) is 10.1 Å². The first-order valence-corrected chi connectivity index (χ1v) is 9.93. The molecule has 0 aromatic heterocycles. The van der Waals surface area contributed by atoms with Crippen molar-refractivity contribution in [2.24, 2.45) is 4.99 Å². The molecule has 7 heteroatoms.